The molecule has 2 heterocycles. The van der Waals surface area contributed by atoms with Crippen LogP contribution in [0.2, 0.25) is 5.02 Å². The van der Waals surface area contributed by atoms with Gasteiger partial charge < -0.3 is 14.5 Å². The summed E-state index contributed by atoms with van der Waals surface area (Å²) in [6, 6.07) is 6.05. The predicted octanol–water partition coefficient (Wildman–Crippen LogP) is 4.95. The van der Waals surface area contributed by atoms with E-state index in [0.29, 0.717) is 22.4 Å². The van der Waals surface area contributed by atoms with Crippen LogP contribution < -0.4 is 4.74 Å². The van der Waals surface area contributed by atoms with Crippen LogP contribution in [-0.4, -0.2) is 66.0 Å². The van der Waals surface area contributed by atoms with Crippen molar-refractivity contribution in [3.05, 3.63) is 28.8 Å². The lowest BCUT2D eigenvalue weighted by Gasteiger charge is -2.36. The fourth-order valence-corrected chi connectivity index (χ4v) is 4.86. The maximum absolute atomic E-state index is 13.0. The number of halogens is 1. The number of hydrogen-bond acceptors (Lipinski definition) is 4. The van der Waals surface area contributed by atoms with Crippen LogP contribution in [0.3, 0.4) is 0 Å². The average Bonchev–Trinajstić information content (AvgIpc) is 2.73. The number of carbonyl (C=O) groups is 1. The number of thioether (sulfide) groups is 1. The van der Waals surface area contributed by atoms with Crippen molar-refractivity contribution in [3.63, 3.8) is 0 Å². The van der Waals surface area contributed by atoms with E-state index < -0.39 is 0 Å². The molecule has 1 aromatic rings. The van der Waals surface area contributed by atoms with Crippen LogP contribution >= 0.6 is 23.4 Å². The molecule has 6 heteroatoms. The minimum Gasteiger partial charge on any atom is -0.489 e. The largest absolute Gasteiger partial charge is 0.489 e. The van der Waals surface area contributed by atoms with Crippen LogP contribution in [0, 0.1) is 0 Å². The Labute approximate surface area is 178 Å². The van der Waals surface area contributed by atoms with Gasteiger partial charge in [-0.1, -0.05) is 11.6 Å². The molecule has 0 radical (unpaired) electrons. The highest BCUT2D eigenvalue weighted by molar-refractivity contribution is 7.98. The van der Waals surface area contributed by atoms with Gasteiger partial charge in [0.05, 0.1) is 5.56 Å². The van der Waals surface area contributed by atoms with Crippen LogP contribution in [0.1, 0.15) is 55.8 Å². The zero-order valence-electron chi connectivity index (χ0n) is 17.2. The SMILES string of the molecule is CSCC[C@H](C)N1CCC(Oc2cc(Cl)ccc2C(=O)N2CCCCC2)CC1. The van der Waals surface area contributed by atoms with Crippen LogP contribution in [0.15, 0.2) is 18.2 Å². The van der Waals surface area contributed by atoms with Crippen molar-refractivity contribution in [3.8, 4) is 5.75 Å². The number of nitrogens with zero attached hydrogens (tertiary/aromatic N) is 2. The third-order valence-corrected chi connectivity index (χ3v) is 6.83. The Morgan fingerprint density at radius 2 is 1.93 bits per heavy atom. The molecule has 0 aromatic heterocycles. The quantitative estimate of drug-likeness (QED) is 0.619. The Hall–Kier alpha value is -0.910. The molecule has 1 aromatic carbocycles. The monoisotopic (exact) mass is 424 g/mol. The second kappa shape index (κ2) is 10.7. The summed E-state index contributed by atoms with van der Waals surface area (Å²) in [6.07, 6.45) is 8.92. The van der Waals surface area contributed by atoms with Gasteiger partial charge in [0.15, 0.2) is 0 Å². The zero-order valence-corrected chi connectivity index (χ0v) is 18.7. The average molecular weight is 425 g/mol. The van der Waals surface area contributed by atoms with Crippen molar-refractivity contribution < 1.29 is 9.53 Å². The Morgan fingerprint density at radius 3 is 2.61 bits per heavy atom. The molecule has 0 bridgehead atoms. The first kappa shape index (κ1) is 21.8. The van der Waals surface area contributed by atoms with Gasteiger partial charge in [0, 0.05) is 37.2 Å². The molecule has 4 nitrogen and oxygen atoms in total. The maximum Gasteiger partial charge on any atom is 0.257 e. The molecular formula is C22H33ClN2O2S. The highest BCUT2D eigenvalue weighted by Crippen LogP contribution is 2.29. The van der Waals surface area contributed by atoms with Crippen molar-refractivity contribution in [2.24, 2.45) is 0 Å². The molecule has 0 spiro atoms. The molecule has 2 fully saturated rings. The lowest BCUT2D eigenvalue weighted by atomic mass is 10.0. The first-order valence-electron chi connectivity index (χ1n) is 10.6. The van der Waals surface area contributed by atoms with Gasteiger partial charge in [-0.25, -0.2) is 0 Å². The maximum atomic E-state index is 13.0. The third-order valence-electron chi connectivity index (χ3n) is 5.95. The Morgan fingerprint density at radius 1 is 1.21 bits per heavy atom. The van der Waals surface area contributed by atoms with Crippen molar-refractivity contribution in [1.29, 1.82) is 0 Å². The molecule has 156 valence electrons. The van der Waals surface area contributed by atoms with Crippen molar-refractivity contribution in [2.45, 2.75) is 57.6 Å². The van der Waals surface area contributed by atoms with E-state index in [1.54, 1.807) is 6.07 Å². The Kier molecular flexibility index (Phi) is 8.36. The number of piperidine rings is 2. The number of rotatable bonds is 7. The number of likely N-dealkylation sites (tertiary alicyclic amines) is 2. The summed E-state index contributed by atoms with van der Waals surface area (Å²) < 4.78 is 6.33. The van der Waals surface area contributed by atoms with E-state index in [1.807, 2.05) is 28.8 Å². The summed E-state index contributed by atoms with van der Waals surface area (Å²) in [5.74, 6) is 1.94. The summed E-state index contributed by atoms with van der Waals surface area (Å²) in [7, 11) is 0. The van der Waals surface area contributed by atoms with Gasteiger partial charge in [0.1, 0.15) is 11.9 Å². The van der Waals surface area contributed by atoms with Crippen LogP contribution in [0.5, 0.6) is 5.75 Å². The summed E-state index contributed by atoms with van der Waals surface area (Å²) in [4.78, 5) is 17.5. The highest BCUT2D eigenvalue weighted by Gasteiger charge is 2.26. The first-order chi connectivity index (χ1) is 13.6. The fraction of sp³-hybridized carbons (Fsp3) is 0.682. The van der Waals surface area contributed by atoms with Crippen LogP contribution in [0.4, 0.5) is 0 Å². The molecule has 2 aliphatic rings. The number of amides is 1. The minimum absolute atomic E-state index is 0.0782. The molecule has 2 saturated heterocycles. The second-order valence-corrected chi connectivity index (χ2v) is 9.40. The Balaban J connectivity index is 1.61. The van der Waals surface area contributed by atoms with E-state index in [1.165, 1.54) is 18.6 Å². The molecule has 3 rings (SSSR count). The van der Waals surface area contributed by atoms with Gasteiger partial charge in [-0.3, -0.25) is 4.79 Å². The molecular weight excluding hydrogens is 392 g/mol. The fourth-order valence-electron chi connectivity index (χ4n) is 4.12. The van der Waals surface area contributed by atoms with E-state index in [4.69, 9.17) is 16.3 Å². The summed E-state index contributed by atoms with van der Waals surface area (Å²) in [6.45, 7) is 6.11. The van der Waals surface area contributed by atoms with Crippen LogP contribution in [-0.2, 0) is 0 Å². The lowest BCUT2D eigenvalue weighted by molar-refractivity contribution is 0.0681. The van der Waals surface area contributed by atoms with E-state index in [-0.39, 0.29) is 12.0 Å². The van der Waals surface area contributed by atoms with Gasteiger partial charge in [-0.2, -0.15) is 11.8 Å². The van der Waals surface area contributed by atoms with E-state index in [2.05, 4.69) is 18.1 Å². The normalized spacial score (nSPS) is 20.2. The highest BCUT2D eigenvalue weighted by atomic mass is 35.5. The molecule has 0 unspecified atom stereocenters. The second-order valence-electron chi connectivity index (χ2n) is 7.98. The predicted molar refractivity (Wildman–Crippen MR) is 119 cm³/mol. The van der Waals surface area contributed by atoms with Crippen molar-refractivity contribution >= 4 is 29.3 Å². The molecule has 0 saturated carbocycles. The van der Waals surface area contributed by atoms with E-state index in [9.17, 15) is 4.79 Å². The minimum atomic E-state index is 0.0782. The molecule has 0 N–H and O–H groups in total. The smallest absolute Gasteiger partial charge is 0.257 e. The van der Waals surface area contributed by atoms with Gasteiger partial charge in [0.25, 0.3) is 5.91 Å². The third kappa shape index (κ3) is 5.80. The van der Waals surface area contributed by atoms with Crippen molar-refractivity contribution in [2.75, 3.05) is 38.2 Å². The zero-order chi connectivity index (χ0) is 19.9. The standard InChI is InChI=1S/C22H33ClN2O2S/c1-17(10-15-28-2)24-13-8-19(9-14-24)27-21-16-18(23)6-7-20(21)22(26)25-11-4-3-5-12-25/h6-7,16-17,19H,3-5,8-15H2,1-2H3/t17-/m0/s1. The van der Waals surface area contributed by atoms with E-state index >= 15 is 0 Å². The summed E-state index contributed by atoms with van der Waals surface area (Å²) in [5.41, 5.74) is 0.655. The van der Waals surface area contributed by atoms with Gasteiger partial charge in [-0.05, 0) is 75.7 Å². The molecule has 28 heavy (non-hydrogen) atoms. The van der Waals surface area contributed by atoms with E-state index in [0.717, 1.165) is 51.9 Å². The summed E-state index contributed by atoms with van der Waals surface area (Å²) in [5, 5.41) is 0.619. The number of hydrogen-bond donors (Lipinski definition) is 0. The first-order valence-corrected chi connectivity index (χ1v) is 12.3. The molecule has 0 aliphatic carbocycles. The number of ether oxygens (including phenoxy) is 1. The molecule has 1 atom stereocenters. The van der Waals surface area contributed by atoms with Crippen LogP contribution in [0.25, 0.3) is 0 Å². The summed E-state index contributed by atoms with van der Waals surface area (Å²) >= 11 is 8.14. The van der Waals surface area contributed by atoms with Gasteiger partial charge in [0.2, 0.25) is 0 Å². The van der Waals surface area contributed by atoms with Crippen molar-refractivity contribution in [1.82, 2.24) is 9.80 Å². The van der Waals surface area contributed by atoms with Gasteiger partial charge in [-0.15, -0.1) is 0 Å². The number of carbonyl (C=O) groups excluding carboxylic acids is 1. The topological polar surface area (TPSA) is 32.8 Å². The number of benzene rings is 1. The molecule has 2 aliphatic heterocycles. The molecule has 1 amide bonds. The Bertz CT molecular complexity index is 643. The lowest BCUT2D eigenvalue weighted by Crippen LogP contribution is -2.43. The van der Waals surface area contributed by atoms with Gasteiger partial charge >= 0.3 is 0 Å².